The molecule has 4 rings (SSSR count). The number of amides is 3. The van der Waals surface area contributed by atoms with Gasteiger partial charge in [0, 0.05) is 17.8 Å². The van der Waals surface area contributed by atoms with E-state index in [9.17, 15) is 9.59 Å². The first-order chi connectivity index (χ1) is 12.0. The minimum absolute atomic E-state index is 0.0792. The van der Waals surface area contributed by atoms with Crippen LogP contribution in [0.1, 0.15) is 37.7 Å². The Balaban J connectivity index is 1.65. The topological polar surface area (TPSA) is 69.9 Å². The number of anilines is 1. The Morgan fingerprint density at radius 1 is 1.20 bits per heavy atom. The maximum absolute atomic E-state index is 12.8. The lowest BCUT2D eigenvalue weighted by Gasteiger charge is -2.48. The summed E-state index contributed by atoms with van der Waals surface area (Å²) in [5.74, 6) is -0.421. The van der Waals surface area contributed by atoms with Crippen LogP contribution < -0.4 is 10.6 Å². The Morgan fingerprint density at radius 3 is 2.40 bits per heavy atom. The summed E-state index contributed by atoms with van der Waals surface area (Å²) in [5, 5.41) is 0. The number of hydrogen-bond donors (Lipinski definition) is 1. The molecule has 134 valence electrons. The van der Waals surface area contributed by atoms with Crippen LogP contribution in [0.3, 0.4) is 0 Å². The van der Waals surface area contributed by atoms with Crippen LogP contribution in [0.4, 0.5) is 10.5 Å². The minimum atomic E-state index is -0.563. The quantitative estimate of drug-likeness (QED) is 0.908. The van der Waals surface area contributed by atoms with Gasteiger partial charge in [-0.1, -0.05) is 12.1 Å². The summed E-state index contributed by atoms with van der Waals surface area (Å²) in [6.07, 6.45) is 5.34. The van der Waals surface area contributed by atoms with Crippen molar-refractivity contribution in [2.75, 3.05) is 25.5 Å². The van der Waals surface area contributed by atoms with Crippen LogP contribution in [0.15, 0.2) is 24.3 Å². The summed E-state index contributed by atoms with van der Waals surface area (Å²) in [6, 6.07) is 7.40. The van der Waals surface area contributed by atoms with Crippen LogP contribution in [0, 0.1) is 0 Å². The molecule has 2 atom stereocenters. The second kappa shape index (κ2) is 5.73. The first kappa shape index (κ1) is 16.4. The lowest BCUT2D eigenvalue weighted by Crippen LogP contribution is -2.47. The predicted molar refractivity (Wildman–Crippen MR) is 96.2 cm³/mol. The molecular weight excluding hydrogens is 316 g/mol. The van der Waals surface area contributed by atoms with Crippen LogP contribution in [-0.4, -0.2) is 54.5 Å². The fraction of sp³-hybridized carbons (Fsp3) is 0.579. The molecule has 1 aromatic carbocycles. The molecule has 3 amide bonds. The van der Waals surface area contributed by atoms with Gasteiger partial charge in [-0.15, -0.1) is 0 Å². The fourth-order valence-electron chi connectivity index (χ4n) is 4.81. The number of carbonyl (C=O) groups excluding carboxylic acids is 2. The van der Waals surface area contributed by atoms with Crippen LogP contribution in [0.25, 0.3) is 0 Å². The van der Waals surface area contributed by atoms with Gasteiger partial charge in [-0.3, -0.25) is 14.6 Å². The standard InChI is InChI=1S/C19H26N4O2/c1-21(2)19(10-4-11-19)13-6-8-14(9-7-13)23-16(17(20)24)15-5-3-12-22(15)18(23)25/h6-9,15-16H,3-5,10-12H2,1-2H3,(H2,20,24)/t15-,16?/m1/s1. The third-order valence-electron chi connectivity index (χ3n) is 6.40. The van der Waals surface area contributed by atoms with Gasteiger partial charge < -0.3 is 10.6 Å². The predicted octanol–water partition coefficient (Wildman–Crippen LogP) is 1.89. The van der Waals surface area contributed by atoms with Gasteiger partial charge in [0.25, 0.3) is 0 Å². The van der Waals surface area contributed by atoms with Gasteiger partial charge in [-0.2, -0.15) is 0 Å². The highest BCUT2D eigenvalue weighted by Crippen LogP contribution is 2.45. The highest BCUT2D eigenvalue weighted by atomic mass is 16.2. The van der Waals surface area contributed by atoms with Gasteiger partial charge in [-0.25, -0.2) is 4.79 Å². The SMILES string of the molecule is CN(C)C1(c2ccc(N3C(=O)N4CCC[C@@H]4C3C(N)=O)cc2)CCC1. The van der Waals surface area contributed by atoms with E-state index in [4.69, 9.17) is 5.73 Å². The van der Waals surface area contributed by atoms with E-state index in [-0.39, 0.29) is 17.6 Å². The molecule has 6 nitrogen and oxygen atoms in total. The lowest BCUT2D eigenvalue weighted by atomic mass is 9.71. The smallest absolute Gasteiger partial charge is 0.325 e. The number of nitrogens with two attached hydrogens (primary N) is 1. The van der Waals surface area contributed by atoms with Crippen molar-refractivity contribution in [3.63, 3.8) is 0 Å². The molecule has 6 heteroatoms. The van der Waals surface area contributed by atoms with Gasteiger partial charge in [-0.05, 0) is 63.9 Å². The highest BCUT2D eigenvalue weighted by Gasteiger charge is 2.51. The molecule has 1 saturated carbocycles. The van der Waals surface area contributed by atoms with Crippen molar-refractivity contribution >= 4 is 17.6 Å². The molecule has 2 saturated heterocycles. The molecule has 1 aromatic rings. The molecule has 2 N–H and O–H groups in total. The second-order valence-electron chi connectivity index (χ2n) is 7.73. The highest BCUT2D eigenvalue weighted by molar-refractivity contribution is 6.03. The number of fused-ring (bicyclic) bond motifs is 1. The van der Waals surface area contributed by atoms with E-state index in [2.05, 4.69) is 31.1 Å². The Morgan fingerprint density at radius 2 is 1.88 bits per heavy atom. The Bertz CT molecular complexity index is 696. The third-order valence-corrected chi connectivity index (χ3v) is 6.40. The zero-order valence-electron chi connectivity index (χ0n) is 14.9. The maximum atomic E-state index is 12.8. The van der Waals surface area contributed by atoms with E-state index in [1.165, 1.54) is 12.0 Å². The molecule has 3 aliphatic rings. The Hall–Kier alpha value is -2.08. The summed E-state index contributed by atoms with van der Waals surface area (Å²) in [4.78, 5) is 30.5. The average molecular weight is 342 g/mol. The van der Waals surface area contributed by atoms with Gasteiger partial charge in [0.1, 0.15) is 6.04 Å². The maximum Gasteiger partial charge on any atom is 0.325 e. The summed E-state index contributed by atoms with van der Waals surface area (Å²) in [7, 11) is 4.24. The molecular formula is C19H26N4O2. The first-order valence-corrected chi connectivity index (χ1v) is 9.13. The number of benzene rings is 1. The molecule has 0 spiro atoms. The summed E-state index contributed by atoms with van der Waals surface area (Å²) >= 11 is 0. The van der Waals surface area contributed by atoms with Crippen LogP contribution >= 0.6 is 0 Å². The van der Waals surface area contributed by atoms with Crippen LogP contribution in [0.2, 0.25) is 0 Å². The summed E-state index contributed by atoms with van der Waals surface area (Å²) < 4.78 is 0. The molecule has 1 aliphatic carbocycles. The van der Waals surface area contributed by atoms with E-state index >= 15 is 0 Å². The number of hydrogen-bond acceptors (Lipinski definition) is 3. The van der Waals surface area contributed by atoms with Crippen molar-refractivity contribution in [3.8, 4) is 0 Å². The van der Waals surface area contributed by atoms with Crippen molar-refractivity contribution in [1.29, 1.82) is 0 Å². The number of primary amides is 1. The van der Waals surface area contributed by atoms with Gasteiger partial charge in [0.05, 0.1) is 6.04 Å². The second-order valence-corrected chi connectivity index (χ2v) is 7.73. The molecule has 3 fully saturated rings. The number of nitrogens with zero attached hydrogens (tertiary/aromatic N) is 3. The number of rotatable bonds is 4. The van der Waals surface area contributed by atoms with Gasteiger partial charge >= 0.3 is 6.03 Å². The van der Waals surface area contributed by atoms with Crippen LogP contribution in [-0.2, 0) is 10.3 Å². The lowest BCUT2D eigenvalue weighted by molar-refractivity contribution is -0.119. The Kier molecular flexibility index (Phi) is 3.76. The van der Waals surface area contributed by atoms with Crippen molar-refractivity contribution in [1.82, 2.24) is 9.80 Å². The van der Waals surface area contributed by atoms with E-state index < -0.39 is 11.9 Å². The molecule has 25 heavy (non-hydrogen) atoms. The van der Waals surface area contributed by atoms with Crippen molar-refractivity contribution < 1.29 is 9.59 Å². The largest absolute Gasteiger partial charge is 0.368 e. The minimum Gasteiger partial charge on any atom is -0.368 e. The molecule has 2 aliphatic heterocycles. The van der Waals surface area contributed by atoms with E-state index in [0.29, 0.717) is 6.54 Å². The molecule has 1 unspecified atom stereocenters. The van der Waals surface area contributed by atoms with Gasteiger partial charge in [0.15, 0.2) is 0 Å². The zero-order valence-corrected chi connectivity index (χ0v) is 14.9. The molecule has 2 heterocycles. The monoisotopic (exact) mass is 342 g/mol. The first-order valence-electron chi connectivity index (χ1n) is 9.13. The van der Waals surface area contributed by atoms with E-state index in [1.54, 1.807) is 9.80 Å². The van der Waals surface area contributed by atoms with E-state index in [0.717, 1.165) is 31.4 Å². The summed E-state index contributed by atoms with van der Waals surface area (Å²) in [5.41, 5.74) is 7.79. The molecule has 0 bridgehead atoms. The third kappa shape index (κ3) is 2.27. The van der Waals surface area contributed by atoms with Crippen LogP contribution in [0.5, 0.6) is 0 Å². The Labute approximate surface area is 148 Å². The van der Waals surface area contributed by atoms with Gasteiger partial charge in [0.2, 0.25) is 5.91 Å². The van der Waals surface area contributed by atoms with Crippen molar-refractivity contribution in [3.05, 3.63) is 29.8 Å². The van der Waals surface area contributed by atoms with Crippen molar-refractivity contribution in [2.24, 2.45) is 5.73 Å². The van der Waals surface area contributed by atoms with E-state index in [1.807, 2.05) is 12.1 Å². The van der Waals surface area contributed by atoms with Crippen molar-refractivity contribution in [2.45, 2.75) is 49.7 Å². The number of carbonyl (C=O) groups is 2. The summed E-state index contributed by atoms with van der Waals surface area (Å²) in [6.45, 7) is 0.714. The number of urea groups is 1. The zero-order chi connectivity index (χ0) is 17.8. The normalized spacial score (nSPS) is 27.6. The fourth-order valence-corrected chi connectivity index (χ4v) is 4.81. The average Bonchev–Trinajstić information content (AvgIpc) is 3.08. The molecule has 0 aromatic heterocycles. The molecule has 0 radical (unpaired) electrons.